The van der Waals surface area contributed by atoms with Crippen molar-refractivity contribution in [2.75, 3.05) is 24.5 Å². The summed E-state index contributed by atoms with van der Waals surface area (Å²) < 4.78 is 5.76. The molecule has 2 unspecified atom stereocenters. The summed E-state index contributed by atoms with van der Waals surface area (Å²) in [5.41, 5.74) is 0.00395. The Hall–Kier alpha value is 0.600. The van der Waals surface area contributed by atoms with Crippen LogP contribution in [0.2, 0.25) is 0 Å². The quantitative estimate of drug-likeness (QED) is 0.658. The topological polar surface area (TPSA) is 9.23 Å². The van der Waals surface area contributed by atoms with Crippen molar-refractivity contribution < 1.29 is 4.74 Å². The molecule has 3 heteroatoms. The number of alkyl halides is 1. The summed E-state index contributed by atoms with van der Waals surface area (Å²) in [5, 5.41) is 0. The van der Waals surface area contributed by atoms with Gasteiger partial charge in [0.15, 0.2) is 0 Å². The van der Waals surface area contributed by atoms with E-state index < -0.39 is 0 Å². The summed E-state index contributed by atoms with van der Waals surface area (Å²) in [4.78, 5) is 0. The first-order valence-electron chi connectivity index (χ1n) is 4.41. The molecule has 0 aromatic rings. The van der Waals surface area contributed by atoms with E-state index in [9.17, 15) is 0 Å². The Morgan fingerprint density at radius 3 is 2.83 bits per heavy atom. The van der Waals surface area contributed by atoms with Crippen LogP contribution in [0.4, 0.5) is 0 Å². The van der Waals surface area contributed by atoms with Crippen LogP contribution in [0.15, 0.2) is 0 Å². The molecule has 0 N–H and O–H groups in total. The molecule has 0 spiro atoms. The first-order valence-corrected chi connectivity index (χ1v) is 6.34. The standard InChI is InChI=1S/C9H17ClOS/c1-8-5-9(7-10,11-6-8)3-4-12-2/h8H,3-7H2,1-2H3. The first-order chi connectivity index (χ1) is 5.72. The highest BCUT2D eigenvalue weighted by molar-refractivity contribution is 7.98. The van der Waals surface area contributed by atoms with Crippen LogP contribution < -0.4 is 0 Å². The van der Waals surface area contributed by atoms with Crippen LogP contribution in [-0.4, -0.2) is 30.1 Å². The average molecular weight is 209 g/mol. The van der Waals surface area contributed by atoms with Crippen LogP contribution in [0.5, 0.6) is 0 Å². The summed E-state index contributed by atoms with van der Waals surface area (Å²) in [6.07, 6.45) is 4.36. The molecular formula is C9H17ClOS. The fraction of sp³-hybridized carbons (Fsp3) is 1.00. The molecule has 0 aromatic carbocycles. The van der Waals surface area contributed by atoms with Crippen LogP contribution >= 0.6 is 23.4 Å². The molecule has 0 bridgehead atoms. The Labute approximate surface area is 84.2 Å². The highest BCUT2D eigenvalue weighted by Crippen LogP contribution is 2.34. The summed E-state index contributed by atoms with van der Waals surface area (Å²) in [7, 11) is 0. The minimum atomic E-state index is 0.00395. The lowest BCUT2D eigenvalue weighted by molar-refractivity contribution is 0.0203. The second-order valence-electron chi connectivity index (χ2n) is 3.68. The van der Waals surface area contributed by atoms with E-state index in [0.717, 1.165) is 25.2 Å². The molecule has 12 heavy (non-hydrogen) atoms. The van der Waals surface area contributed by atoms with Gasteiger partial charge in [-0.2, -0.15) is 11.8 Å². The fourth-order valence-corrected chi connectivity index (χ4v) is 2.59. The van der Waals surface area contributed by atoms with E-state index in [1.165, 1.54) is 0 Å². The van der Waals surface area contributed by atoms with Gasteiger partial charge in [0.25, 0.3) is 0 Å². The van der Waals surface area contributed by atoms with Crippen molar-refractivity contribution in [2.24, 2.45) is 5.92 Å². The zero-order valence-electron chi connectivity index (χ0n) is 7.81. The number of thioether (sulfide) groups is 1. The van der Waals surface area contributed by atoms with Gasteiger partial charge in [-0.3, -0.25) is 0 Å². The van der Waals surface area contributed by atoms with Gasteiger partial charge in [0.2, 0.25) is 0 Å². The summed E-state index contributed by atoms with van der Waals surface area (Å²) >= 11 is 7.80. The molecule has 1 aliphatic heterocycles. The molecule has 2 atom stereocenters. The van der Waals surface area contributed by atoms with Gasteiger partial charge in [0, 0.05) is 0 Å². The average Bonchev–Trinajstić information content (AvgIpc) is 2.45. The zero-order chi connectivity index (χ0) is 9.03. The van der Waals surface area contributed by atoms with Crippen molar-refractivity contribution in [3.8, 4) is 0 Å². The number of halogens is 1. The molecule has 72 valence electrons. The monoisotopic (exact) mass is 208 g/mol. The molecule has 1 rings (SSSR count). The van der Waals surface area contributed by atoms with Gasteiger partial charge in [-0.15, -0.1) is 11.6 Å². The van der Waals surface area contributed by atoms with Gasteiger partial charge in [-0.1, -0.05) is 6.92 Å². The molecule has 1 heterocycles. The third kappa shape index (κ3) is 2.54. The fourth-order valence-electron chi connectivity index (χ4n) is 1.69. The molecule has 1 aliphatic rings. The predicted molar refractivity (Wildman–Crippen MR) is 56.2 cm³/mol. The van der Waals surface area contributed by atoms with Crippen molar-refractivity contribution in [3.63, 3.8) is 0 Å². The molecule has 0 radical (unpaired) electrons. The number of rotatable bonds is 4. The van der Waals surface area contributed by atoms with Gasteiger partial charge >= 0.3 is 0 Å². The number of hydrogen-bond acceptors (Lipinski definition) is 2. The Balaban J connectivity index is 2.41. The van der Waals surface area contributed by atoms with E-state index in [0.29, 0.717) is 11.8 Å². The summed E-state index contributed by atoms with van der Waals surface area (Å²) in [6.45, 7) is 3.12. The molecule has 0 aliphatic carbocycles. The zero-order valence-corrected chi connectivity index (χ0v) is 9.38. The van der Waals surface area contributed by atoms with Gasteiger partial charge in [-0.25, -0.2) is 0 Å². The van der Waals surface area contributed by atoms with Crippen LogP contribution in [-0.2, 0) is 4.74 Å². The van der Waals surface area contributed by atoms with Crippen LogP contribution in [0.3, 0.4) is 0 Å². The van der Waals surface area contributed by atoms with E-state index in [1.54, 1.807) is 0 Å². The van der Waals surface area contributed by atoms with E-state index in [-0.39, 0.29) is 5.60 Å². The minimum absolute atomic E-state index is 0.00395. The molecule has 0 saturated carbocycles. The number of hydrogen-bond donors (Lipinski definition) is 0. The lowest BCUT2D eigenvalue weighted by atomic mass is 9.95. The number of ether oxygens (including phenoxy) is 1. The van der Waals surface area contributed by atoms with Crippen LogP contribution in [0.25, 0.3) is 0 Å². The summed E-state index contributed by atoms with van der Waals surface area (Å²) in [5.74, 6) is 2.49. The smallest absolute Gasteiger partial charge is 0.0828 e. The normalized spacial score (nSPS) is 35.8. The largest absolute Gasteiger partial charge is 0.373 e. The maximum absolute atomic E-state index is 5.93. The summed E-state index contributed by atoms with van der Waals surface area (Å²) in [6, 6.07) is 0. The Bertz CT molecular complexity index is 142. The maximum Gasteiger partial charge on any atom is 0.0828 e. The van der Waals surface area contributed by atoms with Gasteiger partial charge in [-0.05, 0) is 30.8 Å². The highest BCUT2D eigenvalue weighted by atomic mass is 35.5. The van der Waals surface area contributed by atoms with Gasteiger partial charge in [0.05, 0.1) is 18.1 Å². The molecule has 0 aromatic heterocycles. The predicted octanol–water partition coefficient (Wildman–Crippen LogP) is 2.77. The second-order valence-corrected chi connectivity index (χ2v) is 4.93. The SMILES string of the molecule is CSCCC1(CCl)CC(C)CO1. The van der Waals surface area contributed by atoms with Crippen molar-refractivity contribution in [2.45, 2.75) is 25.4 Å². The van der Waals surface area contributed by atoms with Gasteiger partial charge in [0.1, 0.15) is 0 Å². The van der Waals surface area contributed by atoms with E-state index in [2.05, 4.69) is 13.2 Å². The molecule has 1 saturated heterocycles. The molecule has 0 amide bonds. The van der Waals surface area contributed by atoms with Crippen LogP contribution in [0.1, 0.15) is 19.8 Å². The van der Waals surface area contributed by atoms with Crippen molar-refractivity contribution in [3.05, 3.63) is 0 Å². The minimum Gasteiger partial charge on any atom is -0.373 e. The second kappa shape index (κ2) is 4.73. The highest BCUT2D eigenvalue weighted by Gasteiger charge is 2.37. The van der Waals surface area contributed by atoms with Crippen LogP contribution in [0, 0.1) is 5.92 Å². The lowest BCUT2D eigenvalue weighted by Gasteiger charge is -2.25. The van der Waals surface area contributed by atoms with Crippen molar-refractivity contribution >= 4 is 23.4 Å². The molecular weight excluding hydrogens is 192 g/mol. The third-order valence-electron chi connectivity index (χ3n) is 2.40. The van der Waals surface area contributed by atoms with E-state index >= 15 is 0 Å². The maximum atomic E-state index is 5.93. The molecule has 1 fully saturated rings. The van der Waals surface area contributed by atoms with Crippen molar-refractivity contribution in [1.29, 1.82) is 0 Å². The first kappa shape index (κ1) is 10.7. The Morgan fingerprint density at radius 1 is 1.67 bits per heavy atom. The Kier molecular flexibility index (Phi) is 4.21. The third-order valence-corrected chi connectivity index (χ3v) is 3.50. The van der Waals surface area contributed by atoms with Gasteiger partial charge < -0.3 is 4.74 Å². The Morgan fingerprint density at radius 2 is 2.42 bits per heavy atom. The molecule has 1 nitrogen and oxygen atoms in total. The van der Waals surface area contributed by atoms with E-state index in [4.69, 9.17) is 16.3 Å². The van der Waals surface area contributed by atoms with Crippen molar-refractivity contribution in [1.82, 2.24) is 0 Å². The van der Waals surface area contributed by atoms with E-state index in [1.807, 2.05) is 11.8 Å². The lowest BCUT2D eigenvalue weighted by Crippen LogP contribution is -2.30.